The van der Waals surface area contributed by atoms with Gasteiger partial charge in [-0.25, -0.2) is 9.78 Å². The van der Waals surface area contributed by atoms with Crippen molar-refractivity contribution in [1.29, 1.82) is 0 Å². The zero-order chi connectivity index (χ0) is 17.2. The van der Waals surface area contributed by atoms with Crippen LogP contribution in [0, 0.1) is 0 Å². The fraction of sp³-hybridized carbons (Fsp3) is 0.533. The summed E-state index contributed by atoms with van der Waals surface area (Å²) >= 11 is 5.82. The standard InChI is InChI=1S/C15H21ClN4O3/c1-15(2,3)23-14(22)20-6-4-19(5-7-20)13(21)10-8-12(16)18-9-11(10)17/h8-9H,4-7,17H2,1-3H3. The smallest absolute Gasteiger partial charge is 0.410 e. The van der Waals surface area contributed by atoms with E-state index in [-0.39, 0.29) is 22.8 Å². The summed E-state index contributed by atoms with van der Waals surface area (Å²) in [6, 6.07) is 1.46. The van der Waals surface area contributed by atoms with Crippen molar-refractivity contribution in [2.24, 2.45) is 0 Å². The first-order valence-electron chi connectivity index (χ1n) is 7.35. The number of hydrogen-bond donors (Lipinski definition) is 1. The number of nitrogens with two attached hydrogens (primary N) is 1. The van der Waals surface area contributed by atoms with E-state index in [1.807, 2.05) is 20.8 Å². The molecule has 8 heteroatoms. The van der Waals surface area contributed by atoms with Crippen LogP contribution in [0.25, 0.3) is 0 Å². The van der Waals surface area contributed by atoms with Crippen molar-refractivity contribution >= 4 is 29.3 Å². The maximum absolute atomic E-state index is 12.5. The minimum absolute atomic E-state index is 0.212. The molecule has 1 aliphatic heterocycles. The van der Waals surface area contributed by atoms with Gasteiger partial charge in [0.2, 0.25) is 0 Å². The lowest BCUT2D eigenvalue weighted by molar-refractivity contribution is 0.0141. The molecule has 2 amide bonds. The summed E-state index contributed by atoms with van der Waals surface area (Å²) in [6.07, 6.45) is 1.00. The summed E-state index contributed by atoms with van der Waals surface area (Å²) in [5.41, 5.74) is 5.87. The Hall–Kier alpha value is -2.02. The normalized spacial score (nSPS) is 15.5. The van der Waals surface area contributed by atoms with E-state index < -0.39 is 5.60 Å². The molecule has 2 N–H and O–H groups in total. The molecule has 0 aliphatic carbocycles. The third-order valence-corrected chi connectivity index (χ3v) is 3.56. The molecule has 1 aromatic heterocycles. The average Bonchev–Trinajstić information content (AvgIpc) is 2.47. The fourth-order valence-corrected chi connectivity index (χ4v) is 2.37. The summed E-state index contributed by atoms with van der Waals surface area (Å²) in [5.74, 6) is -0.212. The third kappa shape index (κ3) is 4.48. The number of halogens is 1. The van der Waals surface area contributed by atoms with Gasteiger partial charge in [-0.1, -0.05) is 11.6 Å². The number of piperazine rings is 1. The van der Waals surface area contributed by atoms with Gasteiger partial charge in [0.25, 0.3) is 5.91 Å². The molecule has 0 unspecified atom stereocenters. The first-order chi connectivity index (χ1) is 10.7. The van der Waals surface area contributed by atoms with Gasteiger partial charge in [-0.2, -0.15) is 0 Å². The molecule has 126 valence electrons. The lowest BCUT2D eigenvalue weighted by Gasteiger charge is -2.35. The Morgan fingerprint density at radius 1 is 1.22 bits per heavy atom. The van der Waals surface area contributed by atoms with Crippen molar-refractivity contribution < 1.29 is 14.3 Å². The molecule has 0 spiro atoms. The van der Waals surface area contributed by atoms with E-state index in [9.17, 15) is 9.59 Å². The number of carbonyl (C=O) groups is 2. The van der Waals surface area contributed by atoms with Crippen LogP contribution in [-0.4, -0.2) is 58.6 Å². The van der Waals surface area contributed by atoms with E-state index >= 15 is 0 Å². The first kappa shape index (κ1) is 17.3. The van der Waals surface area contributed by atoms with Crippen molar-refractivity contribution in [3.8, 4) is 0 Å². The largest absolute Gasteiger partial charge is 0.444 e. The number of aromatic nitrogens is 1. The van der Waals surface area contributed by atoms with E-state index in [4.69, 9.17) is 22.1 Å². The van der Waals surface area contributed by atoms with Crippen LogP contribution in [0.2, 0.25) is 5.15 Å². The SMILES string of the molecule is CC(C)(C)OC(=O)N1CCN(C(=O)c2cc(Cl)ncc2N)CC1. The average molecular weight is 341 g/mol. The highest BCUT2D eigenvalue weighted by atomic mass is 35.5. The number of anilines is 1. The Labute approximate surface area is 140 Å². The van der Waals surface area contributed by atoms with Crippen LogP contribution in [0.5, 0.6) is 0 Å². The van der Waals surface area contributed by atoms with Crippen molar-refractivity contribution in [3.05, 3.63) is 23.0 Å². The molecule has 0 aromatic carbocycles. The molecular formula is C15H21ClN4O3. The molecule has 1 saturated heterocycles. The van der Waals surface area contributed by atoms with Crippen LogP contribution in [0.1, 0.15) is 31.1 Å². The van der Waals surface area contributed by atoms with Crippen LogP contribution < -0.4 is 5.73 Å². The van der Waals surface area contributed by atoms with Gasteiger partial charge >= 0.3 is 6.09 Å². The van der Waals surface area contributed by atoms with E-state index in [2.05, 4.69) is 4.98 Å². The predicted molar refractivity (Wildman–Crippen MR) is 87.4 cm³/mol. The molecule has 1 aliphatic rings. The van der Waals surface area contributed by atoms with Crippen LogP contribution >= 0.6 is 11.6 Å². The van der Waals surface area contributed by atoms with E-state index in [1.54, 1.807) is 9.80 Å². The van der Waals surface area contributed by atoms with Gasteiger partial charge < -0.3 is 20.3 Å². The monoisotopic (exact) mass is 340 g/mol. The number of amides is 2. The fourth-order valence-electron chi connectivity index (χ4n) is 2.21. The number of pyridine rings is 1. The van der Waals surface area contributed by atoms with Crippen LogP contribution in [0.15, 0.2) is 12.3 Å². The maximum Gasteiger partial charge on any atom is 0.410 e. The van der Waals surface area contributed by atoms with Crippen molar-refractivity contribution in [1.82, 2.24) is 14.8 Å². The Morgan fingerprint density at radius 2 is 1.78 bits per heavy atom. The van der Waals surface area contributed by atoms with E-state index in [1.165, 1.54) is 12.3 Å². The van der Waals surface area contributed by atoms with Gasteiger partial charge in [-0.15, -0.1) is 0 Å². The number of carbonyl (C=O) groups excluding carboxylic acids is 2. The summed E-state index contributed by atoms with van der Waals surface area (Å²) in [7, 11) is 0. The zero-order valence-electron chi connectivity index (χ0n) is 13.5. The summed E-state index contributed by atoms with van der Waals surface area (Å²) in [5, 5.41) is 0.218. The Balaban J connectivity index is 1.97. The lowest BCUT2D eigenvalue weighted by atomic mass is 10.2. The number of nitrogens with zero attached hydrogens (tertiary/aromatic N) is 3. The molecule has 0 radical (unpaired) electrons. The third-order valence-electron chi connectivity index (χ3n) is 3.35. The minimum atomic E-state index is -0.535. The van der Waals surface area contributed by atoms with Crippen LogP contribution in [0.4, 0.5) is 10.5 Å². The van der Waals surface area contributed by atoms with Crippen LogP contribution in [-0.2, 0) is 4.74 Å². The molecular weight excluding hydrogens is 320 g/mol. The number of ether oxygens (including phenoxy) is 1. The van der Waals surface area contributed by atoms with E-state index in [0.29, 0.717) is 31.7 Å². The Morgan fingerprint density at radius 3 is 2.35 bits per heavy atom. The van der Waals surface area contributed by atoms with Gasteiger partial charge in [-0.3, -0.25) is 4.79 Å². The maximum atomic E-state index is 12.5. The molecule has 23 heavy (non-hydrogen) atoms. The second kappa shape index (κ2) is 6.62. The molecule has 2 heterocycles. The lowest BCUT2D eigenvalue weighted by Crippen LogP contribution is -2.51. The highest BCUT2D eigenvalue weighted by Gasteiger charge is 2.28. The first-order valence-corrected chi connectivity index (χ1v) is 7.73. The summed E-state index contributed by atoms with van der Waals surface area (Å²) < 4.78 is 5.33. The van der Waals surface area contributed by atoms with Crippen LogP contribution in [0.3, 0.4) is 0 Å². The minimum Gasteiger partial charge on any atom is -0.444 e. The van der Waals surface area contributed by atoms with Gasteiger partial charge in [0.15, 0.2) is 0 Å². The molecule has 1 aromatic rings. The Kier molecular flexibility index (Phi) is 4.99. The van der Waals surface area contributed by atoms with Crippen molar-refractivity contribution in [3.63, 3.8) is 0 Å². The van der Waals surface area contributed by atoms with Gasteiger partial charge in [0.1, 0.15) is 10.8 Å². The van der Waals surface area contributed by atoms with Crippen molar-refractivity contribution in [2.75, 3.05) is 31.9 Å². The molecule has 2 rings (SSSR count). The Bertz CT molecular complexity index is 607. The molecule has 1 fully saturated rings. The van der Waals surface area contributed by atoms with Gasteiger partial charge in [-0.05, 0) is 26.8 Å². The van der Waals surface area contributed by atoms with Gasteiger partial charge in [0, 0.05) is 26.2 Å². The predicted octanol–water partition coefficient (Wildman–Crippen LogP) is 2.01. The molecule has 7 nitrogen and oxygen atoms in total. The van der Waals surface area contributed by atoms with Crippen molar-refractivity contribution in [2.45, 2.75) is 26.4 Å². The van der Waals surface area contributed by atoms with Gasteiger partial charge in [0.05, 0.1) is 17.4 Å². The zero-order valence-corrected chi connectivity index (χ0v) is 14.3. The second-order valence-electron chi connectivity index (χ2n) is 6.35. The highest BCUT2D eigenvalue weighted by molar-refractivity contribution is 6.29. The van der Waals surface area contributed by atoms with E-state index in [0.717, 1.165) is 0 Å². The quantitative estimate of drug-likeness (QED) is 0.790. The molecule has 0 bridgehead atoms. The number of hydrogen-bond acceptors (Lipinski definition) is 5. The topological polar surface area (TPSA) is 88.8 Å². The highest BCUT2D eigenvalue weighted by Crippen LogP contribution is 2.19. The molecule has 0 atom stereocenters. The number of nitrogen functional groups attached to an aromatic ring is 1. The molecule has 0 saturated carbocycles. The second-order valence-corrected chi connectivity index (χ2v) is 6.74. The summed E-state index contributed by atoms with van der Waals surface area (Å²) in [6.45, 7) is 7.12. The number of rotatable bonds is 1. The summed E-state index contributed by atoms with van der Waals surface area (Å²) in [4.78, 5) is 31.6.